The van der Waals surface area contributed by atoms with Crippen molar-refractivity contribution in [3.63, 3.8) is 0 Å². The van der Waals surface area contributed by atoms with Crippen molar-refractivity contribution in [1.29, 1.82) is 0 Å². The van der Waals surface area contributed by atoms with Crippen molar-refractivity contribution in [3.8, 4) is 0 Å². The van der Waals surface area contributed by atoms with Crippen molar-refractivity contribution < 1.29 is 4.79 Å². The van der Waals surface area contributed by atoms with Crippen molar-refractivity contribution in [3.05, 3.63) is 114 Å². The Kier molecular flexibility index (Phi) is 6.80. The lowest BCUT2D eigenvalue weighted by molar-refractivity contribution is -0.124. The summed E-state index contributed by atoms with van der Waals surface area (Å²) in [6, 6.07) is 30.2. The fourth-order valence-electron chi connectivity index (χ4n) is 3.81. The molecule has 0 bridgehead atoms. The first-order valence-corrected chi connectivity index (χ1v) is 10.5. The van der Waals surface area contributed by atoms with E-state index in [0.29, 0.717) is 13.0 Å². The summed E-state index contributed by atoms with van der Waals surface area (Å²) in [6.07, 6.45) is 2.82. The molecule has 4 rings (SSSR count). The molecule has 0 saturated heterocycles. The number of benzene rings is 3. The largest absolute Gasteiger partial charge is 0.354 e. The van der Waals surface area contributed by atoms with Crippen LogP contribution in [0.4, 0.5) is 0 Å². The molecule has 0 radical (unpaired) electrons. The van der Waals surface area contributed by atoms with Crippen LogP contribution in [-0.2, 0) is 11.2 Å². The number of tetrazole rings is 1. The lowest BCUT2D eigenvalue weighted by Gasteiger charge is -2.20. The molecular weight excluding hydrogens is 386 g/mol. The molecule has 1 atom stereocenters. The first kappa shape index (κ1) is 20.5. The molecule has 0 aliphatic heterocycles. The molecule has 0 spiro atoms. The summed E-state index contributed by atoms with van der Waals surface area (Å²) in [7, 11) is 0. The van der Waals surface area contributed by atoms with Crippen LogP contribution in [0.5, 0.6) is 0 Å². The van der Waals surface area contributed by atoms with E-state index in [4.69, 9.17) is 0 Å². The molecule has 1 heterocycles. The number of rotatable bonds is 9. The Morgan fingerprint density at radius 1 is 0.839 bits per heavy atom. The zero-order valence-electron chi connectivity index (χ0n) is 17.2. The van der Waals surface area contributed by atoms with Gasteiger partial charge in [-0.05, 0) is 33.5 Å². The Hall–Kier alpha value is -3.80. The molecule has 1 aromatic heterocycles. The minimum Gasteiger partial charge on any atom is -0.354 e. The molecule has 3 aromatic carbocycles. The molecule has 0 aliphatic carbocycles. The van der Waals surface area contributed by atoms with Gasteiger partial charge >= 0.3 is 0 Å². The van der Waals surface area contributed by atoms with Crippen LogP contribution in [0.3, 0.4) is 0 Å². The third-order valence-electron chi connectivity index (χ3n) is 5.39. The zero-order valence-corrected chi connectivity index (χ0v) is 17.2. The molecule has 6 heteroatoms. The standard InChI is InChI=1S/C25H25N5O/c31-25(24(30-19-27-28-29-30)18-20-10-4-1-5-11-20)26-17-16-23(21-12-6-2-7-13-21)22-14-8-3-9-15-22/h1-15,19,23-24H,16-18H2,(H,26,31). The fraction of sp³-hybridized carbons (Fsp3) is 0.200. The van der Waals surface area contributed by atoms with E-state index in [1.165, 1.54) is 22.1 Å². The minimum atomic E-state index is -0.496. The monoisotopic (exact) mass is 411 g/mol. The lowest BCUT2D eigenvalue weighted by Crippen LogP contribution is -2.35. The number of aromatic nitrogens is 4. The number of hydrogen-bond donors (Lipinski definition) is 1. The van der Waals surface area contributed by atoms with Crippen LogP contribution in [0.15, 0.2) is 97.3 Å². The van der Waals surface area contributed by atoms with Crippen LogP contribution in [0, 0.1) is 0 Å². The summed E-state index contributed by atoms with van der Waals surface area (Å²) in [5.41, 5.74) is 3.54. The van der Waals surface area contributed by atoms with Crippen LogP contribution in [0.25, 0.3) is 0 Å². The highest BCUT2D eigenvalue weighted by atomic mass is 16.2. The van der Waals surface area contributed by atoms with Gasteiger partial charge in [0.15, 0.2) is 0 Å². The maximum Gasteiger partial charge on any atom is 0.245 e. The van der Waals surface area contributed by atoms with Gasteiger partial charge in [-0.15, -0.1) is 5.10 Å². The third-order valence-corrected chi connectivity index (χ3v) is 5.39. The zero-order chi connectivity index (χ0) is 21.3. The minimum absolute atomic E-state index is 0.0870. The predicted octanol–water partition coefficient (Wildman–Crippen LogP) is 3.80. The van der Waals surface area contributed by atoms with Gasteiger partial charge in [-0.2, -0.15) is 0 Å². The second-order valence-electron chi connectivity index (χ2n) is 7.45. The van der Waals surface area contributed by atoms with E-state index in [2.05, 4.69) is 69.4 Å². The molecule has 4 aromatic rings. The second-order valence-corrected chi connectivity index (χ2v) is 7.45. The van der Waals surface area contributed by atoms with E-state index >= 15 is 0 Å². The maximum atomic E-state index is 13.1. The molecule has 156 valence electrons. The van der Waals surface area contributed by atoms with E-state index in [0.717, 1.165) is 12.0 Å². The Balaban J connectivity index is 1.45. The maximum absolute atomic E-state index is 13.1. The van der Waals surface area contributed by atoms with Crippen molar-refractivity contribution in [1.82, 2.24) is 25.5 Å². The Morgan fingerprint density at radius 2 is 1.42 bits per heavy atom. The highest BCUT2D eigenvalue weighted by Gasteiger charge is 2.23. The van der Waals surface area contributed by atoms with Crippen LogP contribution in [-0.4, -0.2) is 32.7 Å². The molecule has 0 aliphatic rings. The molecule has 1 amide bonds. The molecule has 31 heavy (non-hydrogen) atoms. The Morgan fingerprint density at radius 3 is 1.97 bits per heavy atom. The molecule has 1 N–H and O–H groups in total. The van der Waals surface area contributed by atoms with Gasteiger partial charge in [-0.1, -0.05) is 91.0 Å². The fourth-order valence-corrected chi connectivity index (χ4v) is 3.81. The summed E-state index contributed by atoms with van der Waals surface area (Å²) >= 11 is 0. The third kappa shape index (κ3) is 5.42. The summed E-state index contributed by atoms with van der Waals surface area (Å²) in [5.74, 6) is 0.124. The number of nitrogens with one attached hydrogen (secondary N) is 1. The van der Waals surface area contributed by atoms with Gasteiger partial charge in [0.1, 0.15) is 12.4 Å². The Labute approximate surface area is 181 Å². The summed E-state index contributed by atoms with van der Waals surface area (Å²) in [5, 5.41) is 14.5. The van der Waals surface area contributed by atoms with Gasteiger partial charge < -0.3 is 5.32 Å². The van der Waals surface area contributed by atoms with Gasteiger partial charge in [0.2, 0.25) is 5.91 Å². The molecule has 0 fully saturated rings. The molecule has 6 nitrogen and oxygen atoms in total. The average molecular weight is 412 g/mol. The summed E-state index contributed by atoms with van der Waals surface area (Å²) in [4.78, 5) is 13.1. The SMILES string of the molecule is O=C(NCCC(c1ccccc1)c1ccccc1)C(Cc1ccccc1)n1cnnn1. The van der Waals surface area contributed by atoms with E-state index in [1.54, 1.807) is 0 Å². The van der Waals surface area contributed by atoms with E-state index in [-0.39, 0.29) is 11.8 Å². The van der Waals surface area contributed by atoms with Crippen LogP contribution in [0.2, 0.25) is 0 Å². The van der Waals surface area contributed by atoms with Gasteiger partial charge in [-0.3, -0.25) is 4.79 Å². The molecular formula is C25H25N5O. The van der Waals surface area contributed by atoms with Gasteiger partial charge in [-0.25, -0.2) is 4.68 Å². The topological polar surface area (TPSA) is 72.7 Å². The van der Waals surface area contributed by atoms with Crippen molar-refractivity contribution in [2.75, 3.05) is 6.54 Å². The normalized spacial score (nSPS) is 11.9. The molecule has 1 unspecified atom stereocenters. The first-order valence-electron chi connectivity index (χ1n) is 10.5. The first-order chi connectivity index (χ1) is 15.3. The van der Waals surface area contributed by atoms with Crippen molar-refractivity contribution >= 4 is 5.91 Å². The number of carbonyl (C=O) groups excluding carboxylic acids is 1. The number of amides is 1. The number of carbonyl (C=O) groups is 1. The van der Waals surface area contributed by atoms with Crippen molar-refractivity contribution in [2.24, 2.45) is 0 Å². The highest BCUT2D eigenvalue weighted by molar-refractivity contribution is 5.80. The summed E-state index contributed by atoms with van der Waals surface area (Å²) in [6.45, 7) is 0.556. The number of hydrogen-bond acceptors (Lipinski definition) is 4. The van der Waals surface area contributed by atoms with E-state index < -0.39 is 6.04 Å². The van der Waals surface area contributed by atoms with Crippen molar-refractivity contribution in [2.45, 2.75) is 24.8 Å². The van der Waals surface area contributed by atoms with E-state index in [9.17, 15) is 4.79 Å². The van der Waals surface area contributed by atoms with Crippen LogP contribution >= 0.6 is 0 Å². The predicted molar refractivity (Wildman–Crippen MR) is 119 cm³/mol. The van der Waals surface area contributed by atoms with E-state index in [1.807, 2.05) is 42.5 Å². The van der Waals surface area contributed by atoms with Gasteiger partial charge in [0, 0.05) is 18.9 Å². The Bertz CT molecular complexity index is 1010. The quantitative estimate of drug-likeness (QED) is 0.455. The lowest BCUT2D eigenvalue weighted by atomic mass is 9.88. The van der Waals surface area contributed by atoms with Crippen LogP contribution in [0.1, 0.15) is 35.1 Å². The van der Waals surface area contributed by atoms with Gasteiger partial charge in [0.05, 0.1) is 0 Å². The number of nitrogens with zero attached hydrogens (tertiary/aromatic N) is 4. The average Bonchev–Trinajstić information content (AvgIpc) is 3.37. The smallest absolute Gasteiger partial charge is 0.245 e. The second kappa shape index (κ2) is 10.3. The highest BCUT2D eigenvalue weighted by Crippen LogP contribution is 2.27. The molecule has 0 saturated carbocycles. The summed E-state index contributed by atoms with van der Waals surface area (Å²) < 4.78 is 1.52. The van der Waals surface area contributed by atoms with Crippen LogP contribution < -0.4 is 5.32 Å². The van der Waals surface area contributed by atoms with Gasteiger partial charge in [0.25, 0.3) is 0 Å².